The molecule has 0 aromatic heterocycles. The number of ether oxygens (including phenoxy) is 2. The number of morpholine rings is 1. The standard InChI is InChI=1S/C18H25N3O4/c22-17(20-10-12-24-13-11-20)14-19-6-8-21(9-7-19)18(23)25-15-16-4-2-1-3-5-16/h1-5H,6-15H2. The molecule has 0 radical (unpaired) electrons. The number of carbonyl (C=O) groups excluding carboxylic acids is 2. The first-order valence-corrected chi connectivity index (χ1v) is 8.76. The summed E-state index contributed by atoms with van der Waals surface area (Å²) < 4.78 is 10.6. The minimum Gasteiger partial charge on any atom is -0.445 e. The zero-order chi connectivity index (χ0) is 17.5. The maximum absolute atomic E-state index is 12.3. The van der Waals surface area contributed by atoms with E-state index in [0.717, 1.165) is 5.56 Å². The second-order valence-corrected chi connectivity index (χ2v) is 6.30. The normalized spacial score (nSPS) is 18.9. The molecule has 2 saturated heterocycles. The quantitative estimate of drug-likeness (QED) is 0.806. The smallest absolute Gasteiger partial charge is 0.410 e. The predicted molar refractivity (Wildman–Crippen MR) is 92.0 cm³/mol. The van der Waals surface area contributed by atoms with E-state index in [4.69, 9.17) is 9.47 Å². The Morgan fingerprint density at radius 1 is 0.920 bits per heavy atom. The maximum atomic E-state index is 12.3. The number of piperazine rings is 1. The van der Waals surface area contributed by atoms with Gasteiger partial charge in [-0.05, 0) is 5.56 Å². The van der Waals surface area contributed by atoms with Crippen LogP contribution in [-0.2, 0) is 20.9 Å². The van der Waals surface area contributed by atoms with Gasteiger partial charge in [0.2, 0.25) is 5.91 Å². The van der Waals surface area contributed by atoms with Gasteiger partial charge in [0.15, 0.2) is 0 Å². The number of amides is 2. The molecule has 2 heterocycles. The van der Waals surface area contributed by atoms with E-state index in [2.05, 4.69) is 4.90 Å². The van der Waals surface area contributed by atoms with Gasteiger partial charge in [-0.25, -0.2) is 4.79 Å². The van der Waals surface area contributed by atoms with Gasteiger partial charge in [-0.15, -0.1) is 0 Å². The monoisotopic (exact) mass is 347 g/mol. The molecule has 2 aliphatic heterocycles. The van der Waals surface area contributed by atoms with Gasteiger partial charge in [0.25, 0.3) is 0 Å². The van der Waals surface area contributed by atoms with Crippen LogP contribution >= 0.6 is 0 Å². The van der Waals surface area contributed by atoms with Gasteiger partial charge in [-0.1, -0.05) is 30.3 Å². The number of nitrogens with zero attached hydrogens (tertiary/aromatic N) is 3. The Hall–Kier alpha value is -2.12. The second-order valence-electron chi connectivity index (χ2n) is 6.30. The van der Waals surface area contributed by atoms with Crippen molar-refractivity contribution < 1.29 is 19.1 Å². The highest BCUT2D eigenvalue weighted by Gasteiger charge is 2.25. The van der Waals surface area contributed by atoms with E-state index in [9.17, 15) is 9.59 Å². The third-order valence-electron chi connectivity index (χ3n) is 4.56. The molecule has 0 N–H and O–H groups in total. The minimum atomic E-state index is -0.289. The Labute approximate surface area is 148 Å². The average molecular weight is 347 g/mol. The summed E-state index contributed by atoms with van der Waals surface area (Å²) in [6, 6.07) is 9.65. The van der Waals surface area contributed by atoms with Crippen molar-refractivity contribution in [2.75, 3.05) is 59.0 Å². The van der Waals surface area contributed by atoms with Gasteiger partial charge < -0.3 is 19.3 Å². The first-order valence-electron chi connectivity index (χ1n) is 8.76. The number of benzene rings is 1. The van der Waals surface area contributed by atoms with Gasteiger partial charge in [0.1, 0.15) is 6.61 Å². The van der Waals surface area contributed by atoms with E-state index in [0.29, 0.717) is 59.0 Å². The van der Waals surface area contributed by atoms with E-state index in [1.54, 1.807) is 4.90 Å². The average Bonchev–Trinajstić information content (AvgIpc) is 2.68. The van der Waals surface area contributed by atoms with Crippen molar-refractivity contribution in [3.63, 3.8) is 0 Å². The van der Waals surface area contributed by atoms with Crippen LogP contribution in [0.1, 0.15) is 5.56 Å². The number of hydrogen-bond acceptors (Lipinski definition) is 5. The molecule has 0 saturated carbocycles. The number of rotatable bonds is 4. The molecular formula is C18H25N3O4. The summed E-state index contributed by atoms with van der Waals surface area (Å²) in [7, 11) is 0. The van der Waals surface area contributed by atoms with Crippen molar-refractivity contribution in [1.82, 2.24) is 14.7 Å². The Bertz CT molecular complexity index is 567. The molecule has 0 unspecified atom stereocenters. The molecule has 7 nitrogen and oxygen atoms in total. The summed E-state index contributed by atoms with van der Waals surface area (Å²) in [4.78, 5) is 30.1. The molecule has 136 valence electrons. The lowest BCUT2D eigenvalue weighted by atomic mass is 10.2. The van der Waals surface area contributed by atoms with Crippen molar-refractivity contribution in [1.29, 1.82) is 0 Å². The van der Waals surface area contributed by atoms with Gasteiger partial charge in [0.05, 0.1) is 19.8 Å². The molecule has 2 fully saturated rings. The van der Waals surface area contributed by atoms with Crippen molar-refractivity contribution in [2.45, 2.75) is 6.61 Å². The zero-order valence-corrected chi connectivity index (χ0v) is 14.4. The molecule has 0 atom stereocenters. The molecule has 1 aromatic rings. The van der Waals surface area contributed by atoms with Crippen LogP contribution in [0.15, 0.2) is 30.3 Å². The third-order valence-corrected chi connectivity index (χ3v) is 4.56. The molecular weight excluding hydrogens is 322 g/mol. The second kappa shape index (κ2) is 8.82. The van der Waals surface area contributed by atoms with E-state index in [-0.39, 0.29) is 18.6 Å². The molecule has 0 spiro atoms. The summed E-state index contributed by atoms with van der Waals surface area (Å²) in [5, 5.41) is 0. The highest BCUT2D eigenvalue weighted by Crippen LogP contribution is 2.08. The van der Waals surface area contributed by atoms with E-state index >= 15 is 0 Å². The molecule has 0 bridgehead atoms. The van der Waals surface area contributed by atoms with Gasteiger partial charge >= 0.3 is 6.09 Å². The van der Waals surface area contributed by atoms with Crippen molar-refractivity contribution in [3.05, 3.63) is 35.9 Å². The van der Waals surface area contributed by atoms with Crippen LogP contribution in [0, 0.1) is 0 Å². The van der Waals surface area contributed by atoms with Crippen LogP contribution in [0.4, 0.5) is 4.79 Å². The lowest BCUT2D eigenvalue weighted by Gasteiger charge is -2.35. The van der Waals surface area contributed by atoms with Gasteiger partial charge in [-0.2, -0.15) is 0 Å². The highest BCUT2D eigenvalue weighted by atomic mass is 16.6. The predicted octanol–water partition coefficient (Wildman–Crippen LogP) is 0.800. The van der Waals surface area contributed by atoms with E-state index in [1.165, 1.54) is 0 Å². The minimum absolute atomic E-state index is 0.142. The van der Waals surface area contributed by atoms with Crippen LogP contribution in [0.3, 0.4) is 0 Å². The first-order chi connectivity index (χ1) is 12.2. The lowest BCUT2D eigenvalue weighted by molar-refractivity contribution is -0.136. The van der Waals surface area contributed by atoms with Crippen molar-refractivity contribution in [2.24, 2.45) is 0 Å². The Balaban J connectivity index is 1.37. The van der Waals surface area contributed by atoms with Gasteiger partial charge in [-0.3, -0.25) is 9.69 Å². The highest BCUT2D eigenvalue weighted by molar-refractivity contribution is 5.78. The molecule has 2 aliphatic rings. The van der Waals surface area contributed by atoms with Gasteiger partial charge in [0, 0.05) is 39.3 Å². The fourth-order valence-electron chi connectivity index (χ4n) is 3.00. The summed E-state index contributed by atoms with van der Waals surface area (Å²) in [6.07, 6.45) is -0.289. The summed E-state index contributed by atoms with van der Waals surface area (Å²) in [5.74, 6) is 0.142. The molecule has 0 aliphatic carbocycles. The molecule has 2 amide bonds. The first kappa shape index (κ1) is 17.7. The SMILES string of the molecule is O=C(CN1CCN(C(=O)OCc2ccccc2)CC1)N1CCOCC1. The third kappa shape index (κ3) is 5.17. The molecule has 25 heavy (non-hydrogen) atoms. The van der Waals surface area contributed by atoms with E-state index in [1.807, 2.05) is 35.2 Å². The van der Waals surface area contributed by atoms with E-state index < -0.39 is 0 Å². The molecule has 1 aromatic carbocycles. The largest absolute Gasteiger partial charge is 0.445 e. The van der Waals surface area contributed by atoms with Crippen LogP contribution in [0.25, 0.3) is 0 Å². The Morgan fingerprint density at radius 2 is 1.60 bits per heavy atom. The summed E-state index contributed by atoms with van der Waals surface area (Å²) >= 11 is 0. The van der Waals surface area contributed by atoms with Crippen LogP contribution in [0.5, 0.6) is 0 Å². The van der Waals surface area contributed by atoms with Crippen LogP contribution in [-0.4, -0.2) is 85.7 Å². The Kier molecular flexibility index (Phi) is 6.25. The fourth-order valence-corrected chi connectivity index (χ4v) is 3.00. The fraction of sp³-hybridized carbons (Fsp3) is 0.556. The number of hydrogen-bond donors (Lipinski definition) is 0. The van der Waals surface area contributed by atoms with Crippen LogP contribution in [0.2, 0.25) is 0 Å². The zero-order valence-electron chi connectivity index (χ0n) is 14.4. The Morgan fingerprint density at radius 3 is 2.28 bits per heavy atom. The molecule has 3 rings (SSSR count). The molecule has 7 heteroatoms. The lowest BCUT2D eigenvalue weighted by Crippen LogP contribution is -2.52. The van der Waals surface area contributed by atoms with Crippen molar-refractivity contribution in [3.8, 4) is 0 Å². The summed E-state index contributed by atoms with van der Waals surface area (Å²) in [5.41, 5.74) is 0.977. The number of carbonyl (C=O) groups is 2. The van der Waals surface area contributed by atoms with Crippen LogP contribution < -0.4 is 0 Å². The maximum Gasteiger partial charge on any atom is 0.410 e. The summed E-state index contributed by atoms with van der Waals surface area (Å²) in [6.45, 7) is 5.83. The topological polar surface area (TPSA) is 62.3 Å². The van der Waals surface area contributed by atoms with Crippen molar-refractivity contribution >= 4 is 12.0 Å².